The lowest BCUT2D eigenvalue weighted by molar-refractivity contribution is -0.144. The first kappa shape index (κ1) is 15.4. The smallest absolute Gasteiger partial charge is 0.320 e. The van der Waals surface area contributed by atoms with E-state index in [2.05, 4.69) is 4.98 Å². The number of aromatic nitrogens is 1. The molecule has 2 heterocycles. The Morgan fingerprint density at radius 1 is 1.33 bits per heavy atom. The molecule has 1 aliphatic rings. The highest BCUT2D eigenvalue weighted by atomic mass is 16.4. The summed E-state index contributed by atoms with van der Waals surface area (Å²) in [6, 6.07) is 3.30. The van der Waals surface area contributed by atoms with E-state index in [1.165, 1.54) is 0 Å². The molecule has 0 radical (unpaired) electrons. The Morgan fingerprint density at radius 2 is 2.00 bits per heavy atom. The molecule has 6 heteroatoms. The topological polar surface area (TPSA) is 73.7 Å². The zero-order chi connectivity index (χ0) is 15.4. The fourth-order valence-electron chi connectivity index (χ4n) is 2.47. The third-order valence-electron chi connectivity index (χ3n) is 4.01. The summed E-state index contributed by atoms with van der Waals surface area (Å²) in [4.78, 5) is 31.2. The average Bonchev–Trinajstić information content (AvgIpc) is 2.49. The summed E-state index contributed by atoms with van der Waals surface area (Å²) in [5.41, 5.74) is 1.83. The highest BCUT2D eigenvalue weighted by Gasteiger charge is 2.27. The zero-order valence-electron chi connectivity index (χ0n) is 12.5. The zero-order valence-corrected chi connectivity index (χ0v) is 12.5. The number of carboxylic acid groups (broad SMARTS) is 1. The third-order valence-corrected chi connectivity index (χ3v) is 4.01. The molecule has 114 valence electrons. The number of carbonyl (C=O) groups excluding carboxylic acids is 1. The lowest BCUT2D eigenvalue weighted by atomic mass is 10.1. The molecule has 21 heavy (non-hydrogen) atoms. The predicted molar refractivity (Wildman–Crippen MR) is 77.9 cm³/mol. The number of hydrogen-bond acceptors (Lipinski definition) is 4. The molecule has 0 spiro atoms. The van der Waals surface area contributed by atoms with Crippen LogP contribution in [0.2, 0.25) is 0 Å². The van der Waals surface area contributed by atoms with Gasteiger partial charge in [-0.3, -0.25) is 19.5 Å². The number of pyridine rings is 1. The van der Waals surface area contributed by atoms with E-state index in [0.29, 0.717) is 32.6 Å². The molecule has 0 aliphatic carbocycles. The third kappa shape index (κ3) is 3.78. The summed E-state index contributed by atoms with van der Waals surface area (Å²) < 4.78 is 0. The van der Waals surface area contributed by atoms with E-state index in [0.717, 1.165) is 11.3 Å². The summed E-state index contributed by atoms with van der Waals surface area (Å²) in [5, 5.41) is 9.00. The van der Waals surface area contributed by atoms with Crippen molar-refractivity contribution in [1.82, 2.24) is 14.8 Å². The monoisotopic (exact) mass is 291 g/mol. The number of piperazine rings is 1. The summed E-state index contributed by atoms with van der Waals surface area (Å²) >= 11 is 0. The molecule has 1 aromatic rings. The molecular formula is C15H21N3O3. The predicted octanol–water partition coefficient (Wildman–Crippen LogP) is 0.550. The number of aryl methyl sites for hydroxylation is 1. The molecule has 6 nitrogen and oxygen atoms in total. The van der Waals surface area contributed by atoms with E-state index in [4.69, 9.17) is 5.11 Å². The van der Waals surface area contributed by atoms with Crippen LogP contribution < -0.4 is 0 Å². The van der Waals surface area contributed by atoms with Crippen molar-refractivity contribution in [3.8, 4) is 0 Å². The van der Waals surface area contributed by atoms with Crippen LogP contribution in [0, 0.1) is 6.92 Å². The van der Waals surface area contributed by atoms with Crippen LogP contribution in [0.1, 0.15) is 18.2 Å². The van der Waals surface area contributed by atoms with Gasteiger partial charge in [-0.05, 0) is 25.5 Å². The van der Waals surface area contributed by atoms with Gasteiger partial charge in [0.05, 0.1) is 12.1 Å². The second-order valence-corrected chi connectivity index (χ2v) is 5.37. The molecule has 1 amide bonds. The number of hydrogen-bond donors (Lipinski definition) is 1. The van der Waals surface area contributed by atoms with Gasteiger partial charge < -0.3 is 10.0 Å². The van der Waals surface area contributed by atoms with Gasteiger partial charge in [-0.1, -0.05) is 6.07 Å². The first-order chi connectivity index (χ1) is 9.99. The van der Waals surface area contributed by atoms with Crippen molar-refractivity contribution in [2.75, 3.05) is 26.2 Å². The highest BCUT2D eigenvalue weighted by Crippen LogP contribution is 2.10. The maximum Gasteiger partial charge on any atom is 0.320 e. The van der Waals surface area contributed by atoms with Crippen LogP contribution in [-0.2, 0) is 16.0 Å². The van der Waals surface area contributed by atoms with Gasteiger partial charge in [-0.2, -0.15) is 0 Å². The van der Waals surface area contributed by atoms with Gasteiger partial charge in [0.1, 0.15) is 6.04 Å². The van der Waals surface area contributed by atoms with E-state index < -0.39 is 12.0 Å². The summed E-state index contributed by atoms with van der Waals surface area (Å²) in [6.45, 7) is 5.96. The van der Waals surface area contributed by atoms with Crippen molar-refractivity contribution >= 4 is 11.9 Å². The molecule has 0 bridgehead atoms. The van der Waals surface area contributed by atoms with E-state index in [1.807, 2.05) is 24.0 Å². The summed E-state index contributed by atoms with van der Waals surface area (Å²) in [6.07, 6.45) is 2.00. The van der Waals surface area contributed by atoms with Crippen molar-refractivity contribution in [3.05, 3.63) is 29.6 Å². The summed E-state index contributed by atoms with van der Waals surface area (Å²) in [7, 11) is 0. The van der Waals surface area contributed by atoms with Crippen LogP contribution in [0.5, 0.6) is 0 Å². The van der Waals surface area contributed by atoms with Crippen LogP contribution in [0.4, 0.5) is 0 Å². The molecule has 0 aromatic carbocycles. The molecule has 1 atom stereocenters. The second-order valence-electron chi connectivity index (χ2n) is 5.37. The van der Waals surface area contributed by atoms with Crippen molar-refractivity contribution in [2.24, 2.45) is 0 Å². The molecule has 2 rings (SSSR count). The van der Waals surface area contributed by atoms with Gasteiger partial charge in [0.2, 0.25) is 5.91 Å². The number of carbonyl (C=O) groups is 2. The van der Waals surface area contributed by atoms with Gasteiger partial charge in [-0.25, -0.2) is 0 Å². The SMILES string of the molecule is Cc1cccnc1CC(=O)N1CCN(C(C)C(=O)O)CC1. The fraction of sp³-hybridized carbons (Fsp3) is 0.533. The van der Waals surface area contributed by atoms with Gasteiger partial charge in [0, 0.05) is 32.4 Å². The van der Waals surface area contributed by atoms with Crippen molar-refractivity contribution in [3.63, 3.8) is 0 Å². The maximum atomic E-state index is 12.3. The molecule has 1 N–H and O–H groups in total. The Morgan fingerprint density at radius 3 is 2.57 bits per heavy atom. The van der Waals surface area contributed by atoms with Crippen LogP contribution in [-0.4, -0.2) is 64.0 Å². The van der Waals surface area contributed by atoms with Gasteiger partial charge in [-0.15, -0.1) is 0 Å². The Balaban J connectivity index is 1.89. The minimum Gasteiger partial charge on any atom is -0.480 e. The normalized spacial score (nSPS) is 17.5. The second kappa shape index (κ2) is 6.67. The number of aliphatic carboxylic acids is 1. The molecule has 1 saturated heterocycles. The van der Waals surface area contributed by atoms with E-state index in [1.54, 1.807) is 18.0 Å². The minimum atomic E-state index is -0.820. The number of rotatable bonds is 4. The number of amides is 1. The van der Waals surface area contributed by atoms with E-state index >= 15 is 0 Å². The minimum absolute atomic E-state index is 0.0550. The maximum absolute atomic E-state index is 12.3. The molecule has 1 fully saturated rings. The highest BCUT2D eigenvalue weighted by molar-refractivity contribution is 5.79. The van der Waals surface area contributed by atoms with Crippen LogP contribution in [0.25, 0.3) is 0 Å². The van der Waals surface area contributed by atoms with E-state index in [-0.39, 0.29) is 5.91 Å². The first-order valence-electron chi connectivity index (χ1n) is 7.14. The fourth-order valence-corrected chi connectivity index (χ4v) is 2.47. The van der Waals surface area contributed by atoms with Crippen LogP contribution >= 0.6 is 0 Å². The molecule has 1 unspecified atom stereocenters. The van der Waals surface area contributed by atoms with Crippen LogP contribution in [0.15, 0.2) is 18.3 Å². The largest absolute Gasteiger partial charge is 0.480 e. The number of nitrogens with zero attached hydrogens (tertiary/aromatic N) is 3. The lowest BCUT2D eigenvalue weighted by Crippen LogP contribution is -2.53. The Kier molecular flexibility index (Phi) is 4.90. The quantitative estimate of drug-likeness (QED) is 0.877. The van der Waals surface area contributed by atoms with Crippen LogP contribution in [0.3, 0.4) is 0 Å². The first-order valence-corrected chi connectivity index (χ1v) is 7.14. The molecule has 1 aliphatic heterocycles. The Hall–Kier alpha value is -1.95. The van der Waals surface area contributed by atoms with Gasteiger partial charge >= 0.3 is 5.97 Å². The summed E-state index contributed by atoms with van der Waals surface area (Å²) in [5.74, 6) is -0.765. The van der Waals surface area contributed by atoms with Crippen molar-refractivity contribution < 1.29 is 14.7 Å². The molecular weight excluding hydrogens is 270 g/mol. The molecule has 1 aromatic heterocycles. The van der Waals surface area contributed by atoms with Gasteiger partial charge in [0.25, 0.3) is 0 Å². The Bertz CT molecular complexity index is 525. The Labute approximate surface area is 124 Å². The van der Waals surface area contributed by atoms with Crippen molar-refractivity contribution in [2.45, 2.75) is 26.3 Å². The standard InChI is InChI=1S/C15H21N3O3/c1-11-4-3-5-16-13(11)10-14(19)18-8-6-17(7-9-18)12(2)15(20)21/h3-5,12H,6-10H2,1-2H3,(H,20,21). The van der Waals surface area contributed by atoms with E-state index in [9.17, 15) is 9.59 Å². The van der Waals surface area contributed by atoms with Gasteiger partial charge in [0.15, 0.2) is 0 Å². The van der Waals surface area contributed by atoms with Crippen molar-refractivity contribution in [1.29, 1.82) is 0 Å². The number of carboxylic acids is 1. The average molecular weight is 291 g/mol. The molecule has 0 saturated carbocycles. The lowest BCUT2D eigenvalue weighted by Gasteiger charge is -2.36.